The summed E-state index contributed by atoms with van der Waals surface area (Å²) in [6.45, 7) is 17.2. The van der Waals surface area contributed by atoms with Crippen molar-refractivity contribution in [3.05, 3.63) is 0 Å². The summed E-state index contributed by atoms with van der Waals surface area (Å²) in [5.41, 5.74) is 0. The molecule has 172 valence electrons. The van der Waals surface area contributed by atoms with Crippen LogP contribution in [-0.4, -0.2) is 0 Å². The van der Waals surface area contributed by atoms with Crippen LogP contribution in [0.5, 0.6) is 0 Å². The molecule has 0 radical (unpaired) electrons. The summed E-state index contributed by atoms with van der Waals surface area (Å²) in [7, 11) is 0. The van der Waals surface area contributed by atoms with Gasteiger partial charge in [-0.25, -0.2) is 0 Å². The predicted octanol–water partition coefficient (Wildman–Crippen LogP) is 9.77. The van der Waals surface area contributed by atoms with Crippen molar-refractivity contribution in [1.82, 2.24) is 0 Å². The highest BCUT2D eigenvalue weighted by molar-refractivity contribution is 4.84. The molecule has 6 atom stereocenters. The minimum atomic E-state index is 0.881. The van der Waals surface area contributed by atoms with Gasteiger partial charge in [0.15, 0.2) is 0 Å². The van der Waals surface area contributed by atoms with Crippen LogP contribution in [0.1, 0.15) is 132 Å². The van der Waals surface area contributed by atoms with Gasteiger partial charge in [-0.15, -0.1) is 0 Å². The zero-order valence-corrected chi connectivity index (χ0v) is 21.4. The SMILES string of the molecule is CCC(CCCCCCC(C(C)C)C1CCC(C(C)C)C1)C1CCC(C(C)C)C1. The van der Waals surface area contributed by atoms with Gasteiger partial charge in [0.2, 0.25) is 0 Å². The lowest BCUT2D eigenvalue weighted by Gasteiger charge is -2.28. The van der Waals surface area contributed by atoms with Gasteiger partial charge in [0.05, 0.1) is 0 Å². The first-order valence-electron chi connectivity index (χ1n) is 13.8. The summed E-state index contributed by atoms with van der Waals surface area (Å²) < 4.78 is 0. The maximum Gasteiger partial charge on any atom is -0.0363 e. The lowest BCUT2D eigenvalue weighted by Crippen LogP contribution is -2.19. The van der Waals surface area contributed by atoms with E-state index in [-0.39, 0.29) is 0 Å². The summed E-state index contributed by atoms with van der Waals surface area (Å²) in [5, 5.41) is 0. The third kappa shape index (κ3) is 7.88. The molecule has 2 saturated carbocycles. The topological polar surface area (TPSA) is 0 Å². The summed E-state index contributed by atoms with van der Waals surface area (Å²) in [6, 6.07) is 0. The molecule has 2 rings (SSSR count). The molecule has 0 heteroatoms. The van der Waals surface area contributed by atoms with Crippen molar-refractivity contribution in [2.45, 2.75) is 132 Å². The average Bonchev–Trinajstić information content (AvgIpc) is 3.33. The van der Waals surface area contributed by atoms with Crippen LogP contribution in [0.15, 0.2) is 0 Å². The number of hydrogen-bond acceptors (Lipinski definition) is 0. The summed E-state index contributed by atoms with van der Waals surface area (Å²) in [4.78, 5) is 0. The molecular formula is C29H56. The molecule has 0 nitrogen and oxygen atoms in total. The number of rotatable bonds is 13. The molecule has 2 aliphatic carbocycles. The molecule has 2 fully saturated rings. The van der Waals surface area contributed by atoms with Crippen molar-refractivity contribution in [2.75, 3.05) is 0 Å². The second-order valence-corrected chi connectivity index (χ2v) is 12.2. The van der Waals surface area contributed by atoms with Gasteiger partial charge in [0, 0.05) is 0 Å². The Balaban J connectivity index is 1.62. The number of unbranched alkanes of at least 4 members (excludes halogenated alkanes) is 3. The molecule has 0 spiro atoms. The molecule has 0 amide bonds. The Labute approximate surface area is 185 Å². The summed E-state index contributed by atoms with van der Waals surface area (Å²) in [5.74, 6) is 8.81. The second-order valence-electron chi connectivity index (χ2n) is 12.2. The minimum absolute atomic E-state index is 0.881. The predicted molar refractivity (Wildman–Crippen MR) is 131 cm³/mol. The van der Waals surface area contributed by atoms with E-state index in [4.69, 9.17) is 0 Å². The molecule has 0 aromatic heterocycles. The van der Waals surface area contributed by atoms with Crippen molar-refractivity contribution >= 4 is 0 Å². The van der Waals surface area contributed by atoms with E-state index in [2.05, 4.69) is 48.5 Å². The third-order valence-corrected chi connectivity index (χ3v) is 9.43. The summed E-state index contributed by atoms with van der Waals surface area (Å²) in [6.07, 6.45) is 19.5. The van der Waals surface area contributed by atoms with E-state index in [1.54, 1.807) is 0 Å². The van der Waals surface area contributed by atoms with Crippen LogP contribution >= 0.6 is 0 Å². The smallest absolute Gasteiger partial charge is 0.0363 e. The van der Waals surface area contributed by atoms with Crippen molar-refractivity contribution in [1.29, 1.82) is 0 Å². The molecule has 0 saturated heterocycles. The van der Waals surface area contributed by atoms with Crippen LogP contribution in [-0.2, 0) is 0 Å². The van der Waals surface area contributed by atoms with E-state index in [1.165, 1.54) is 83.5 Å². The van der Waals surface area contributed by atoms with Gasteiger partial charge in [-0.3, -0.25) is 0 Å². The van der Waals surface area contributed by atoms with E-state index in [1.807, 2.05) is 0 Å². The van der Waals surface area contributed by atoms with Gasteiger partial charge in [-0.1, -0.05) is 87.0 Å². The zero-order chi connectivity index (χ0) is 21.4. The zero-order valence-electron chi connectivity index (χ0n) is 21.4. The number of hydrogen-bond donors (Lipinski definition) is 0. The maximum atomic E-state index is 2.49. The van der Waals surface area contributed by atoms with Gasteiger partial charge < -0.3 is 0 Å². The Morgan fingerprint density at radius 2 is 1.07 bits per heavy atom. The van der Waals surface area contributed by atoms with Crippen molar-refractivity contribution in [3.63, 3.8) is 0 Å². The molecule has 0 aliphatic heterocycles. The highest BCUT2D eigenvalue weighted by atomic mass is 14.4. The third-order valence-electron chi connectivity index (χ3n) is 9.43. The van der Waals surface area contributed by atoms with Crippen LogP contribution < -0.4 is 0 Å². The van der Waals surface area contributed by atoms with Crippen LogP contribution in [0.2, 0.25) is 0 Å². The van der Waals surface area contributed by atoms with Crippen molar-refractivity contribution < 1.29 is 0 Å². The molecule has 0 aromatic rings. The summed E-state index contributed by atoms with van der Waals surface area (Å²) >= 11 is 0. The molecule has 2 aliphatic rings. The molecular weight excluding hydrogens is 348 g/mol. The Kier molecular flexibility index (Phi) is 11.1. The Morgan fingerprint density at radius 3 is 1.55 bits per heavy atom. The van der Waals surface area contributed by atoms with Crippen LogP contribution in [0.4, 0.5) is 0 Å². The maximum absolute atomic E-state index is 2.49. The lowest BCUT2D eigenvalue weighted by molar-refractivity contribution is 0.222. The quantitative estimate of drug-likeness (QED) is 0.268. The second kappa shape index (κ2) is 12.8. The highest BCUT2D eigenvalue weighted by Gasteiger charge is 2.33. The standard InChI is InChI=1S/C29H56/c1-8-24(27-17-15-25(19-27)21(2)3)13-11-9-10-12-14-29(23(6)7)28-18-16-26(20-28)22(4)5/h21-29H,8-20H2,1-7H3. The fraction of sp³-hybridized carbons (Fsp3) is 1.00. The van der Waals surface area contributed by atoms with E-state index < -0.39 is 0 Å². The van der Waals surface area contributed by atoms with Gasteiger partial charge in [0.25, 0.3) is 0 Å². The van der Waals surface area contributed by atoms with Crippen LogP contribution in [0.25, 0.3) is 0 Å². The Bertz CT molecular complexity index is 420. The fourth-order valence-corrected chi connectivity index (χ4v) is 7.16. The normalized spacial score (nSPS) is 30.0. The Hall–Kier alpha value is 0. The molecule has 0 heterocycles. The lowest BCUT2D eigenvalue weighted by atomic mass is 9.78. The molecule has 6 unspecified atom stereocenters. The van der Waals surface area contributed by atoms with Crippen molar-refractivity contribution in [3.8, 4) is 0 Å². The highest BCUT2D eigenvalue weighted by Crippen LogP contribution is 2.44. The minimum Gasteiger partial charge on any atom is -0.0651 e. The Morgan fingerprint density at radius 1 is 0.586 bits per heavy atom. The van der Waals surface area contributed by atoms with Gasteiger partial charge in [-0.2, -0.15) is 0 Å². The first kappa shape index (κ1) is 25.3. The first-order chi connectivity index (χ1) is 13.8. The van der Waals surface area contributed by atoms with Gasteiger partial charge in [0.1, 0.15) is 0 Å². The van der Waals surface area contributed by atoms with Gasteiger partial charge >= 0.3 is 0 Å². The van der Waals surface area contributed by atoms with E-state index in [9.17, 15) is 0 Å². The molecule has 0 aromatic carbocycles. The largest absolute Gasteiger partial charge is 0.0651 e. The van der Waals surface area contributed by atoms with E-state index >= 15 is 0 Å². The van der Waals surface area contributed by atoms with Crippen LogP contribution in [0, 0.1) is 53.3 Å². The molecule has 29 heavy (non-hydrogen) atoms. The molecule has 0 bridgehead atoms. The van der Waals surface area contributed by atoms with Crippen LogP contribution in [0.3, 0.4) is 0 Å². The first-order valence-corrected chi connectivity index (χ1v) is 13.8. The average molecular weight is 405 g/mol. The van der Waals surface area contributed by atoms with Crippen molar-refractivity contribution in [2.24, 2.45) is 53.3 Å². The fourth-order valence-electron chi connectivity index (χ4n) is 7.16. The monoisotopic (exact) mass is 404 g/mol. The van der Waals surface area contributed by atoms with E-state index in [0.717, 1.165) is 53.3 Å². The van der Waals surface area contributed by atoms with Gasteiger partial charge in [-0.05, 0) is 98.2 Å². The molecule has 0 N–H and O–H groups in total. The van der Waals surface area contributed by atoms with E-state index in [0.29, 0.717) is 0 Å².